The molecule has 0 amide bonds. The standard InChI is InChI=1S/C15H11F/c1-10-2-3-11-8-14-9-15(16)5-4-12(14)7-13(11)6-10/h2-9H,1H3. The third-order valence-corrected chi connectivity index (χ3v) is 2.91. The Kier molecular flexibility index (Phi) is 1.93. The van der Waals surface area contributed by atoms with Gasteiger partial charge in [-0.05, 0) is 52.7 Å². The molecule has 0 aliphatic heterocycles. The van der Waals surface area contributed by atoms with Crippen LogP contribution in [0.3, 0.4) is 0 Å². The van der Waals surface area contributed by atoms with Crippen molar-refractivity contribution in [2.45, 2.75) is 6.92 Å². The molecule has 0 atom stereocenters. The Morgan fingerprint density at radius 3 is 2.06 bits per heavy atom. The van der Waals surface area contributed by atoms with Gasteiger partial charge in [0.05, 0.1) is 0 Å². The lowest BCUT2D eigenvalue weighted by Crippen LogP contribution is -1.79. The molecule has 0 spiro atoms. The highest BCUT2D eigenvalue weighted by Gasteiger charge is 1.99. The van der Waals surface area contributed by atoms with Crippen molar-refractivity contribution in [3.05, 3.63) is 59.9 Å². The van der Waals surface area contributed by atoms with Crippen LogP contribution in [0.1, 0.15) is 5.56 Å². The van der Waals surface area contributed by atoms with E-state index in [1.807, 2.05) is 12.1 Å². The van der Waals surface area contributed by atoms with Crippen LogP contribution in [0.15, 0.2) is 48.5 Å². The van der Waals surface area contributed by atoms with Crippen LogP contribution in [0.25, 0.3) is 21.5 Å². The minimum Gasteiger partial charge on any atom is -0.207 e. The van der Waals surface area contributed by atoms with Gasteiger partial charge in [-0.3, -0.25) is 0 Å². The van der Waals surface area contributed by atoms with Crippen LogP contribution in [-0.2, 0) is 0 Å². The molecule has 0 aromatic heterocycles. The van der Waals surface area contributed by atoms with Crippen LogP contribution in [-0.4, -0.2) is 0 Å². The molecule has 0 unspecified atom stereocenters. The fourth-order valence-electron chi connectivity index (χ4n) is 2.09. The molecule has 0 fully saturated rings. The smallest absolute Gasteiger partial charge is 0.123 e. The van der Waals surface area contributed by atoms with Crippen molar-refractivity contribution < 1.29 is 4.39 Å². The number of hydrogen-bond acceptors (Lipinski definition) is 0. The zero-order chi connectivity index (χ0) is 11.1. The van der Waals surface area contributed by atoms with Crippen LogP contribution in [0.5, 0.6) is 0 Å². The summed E-state index contributed by atoms with van der Waals surface area (Å²) in [6.45, 7) is 2.08. The lowest BCUT2D eigenvalue weighted by molar-refractivity contribution is 0.630. The second-order valence-electron chi connectivity index (χ2n) is 4.19. The maximum absolute atomic E-state index is 13.1. The summed E-state index contributed by atoms with van der Waals surface area (Å²) in [4.78, 5) is 0. The summed E-state index contributed by atoms with van der Waals surface area (Å²) in [5.41, 5.74) is 1.24. The second-order valence-corrected chi connectivity index (χ2v) is 4.19. The predicted molar refractivity (Wildman–Crippen MR) is 66.1 cm³/mol. The topological polar surface area (TPSA) is 0 Å². The van der Waals surface area contributed by atoms with Crippen molar-refractivity contribution >= 4 is 21.5 Å². The molecule has 0 saturated heterocycles. The van der Waals surface area contributed by atoms with Crippen molar-refractivity contribution in [2.75, 3.05) is 0 Å². The van der Waals surface area contributed by atoms with Crippen molar-refractivity contribution in [1.29, 1.82) is 0 Å². The van der Waals surface area contributed by atoms with Crippen LogP contribution < -0.4 is 0 Å². The largest absolute Gasteiger partial charge is 0.207 e. The Morgan fingerprint density at radius 2 is 1.31 bits per heavy atom. The lowest BCUT2D eigenvalue weighted by atomic mass is 10.0. The maximum atomic E-state index is 13.1. The second kappa shape index (κ2) is 3.31. The summed E-state index contributed by atoms with van der Waals surface area (Å²) < 4.78 is 13.1. The van der Waals surface area contributed by atoms with Crippen LogP contribution in [0.4, 0.5) is 4.39 Å². The first kappa shape index (κ1) is 9.34. The van der Waals surface area contributed by atoms with Gasteiger partial charge in [0.25, 0.3) is 0 Å². The number of halogens is 1. The molecule has 0 nitrogen and oxygen atoms in total. The molecule has 0 bridgehead atoms. The van der Waals surface area contributed by atoms with Crippen molar-refractivity contribution in [3.63, 3.8) is 0 Å². The fourth-order valence-corrected chi connectivity index (χ4v) is 2.09. The first-order valence-corrected chi connectivity index (χ1v) is 5.32. The normalized spacial score (nSPS) is 11.1. The highest BCUT2D eigenvalue weighted by Crippen LogP contribution is 2.24. The molecule has 1 heteroatoms. The summed E-state index contributed by atoms with van der Waals surface area (Å²) >= 11 is 0. The molecule has 0 aliphatic carbocycles. The molecule has 0 N–H and O–H groups in total. The molecule has 3 aromatic rings. The number of rotatable bonds is 0. The molecule has 0 saturated carbocycles. The van der Waals surface area contributed by atoms with Crippen LogP contribution >= 0.6 is 0 Å². The zero-order valence-electron chi connectivity index (χ0n) is 9.00. The van der Waals surface area contributed by atoms with Gasteiger partial charge in [-0.2, -0.15) is 0 Å². The number of aryl methyl sites for hydroxylation is 1. The molecule has 78 valence electrons. The third kappa shape index (κ3) is 1.45. The van der Waals surface area contributed by atoms with E-state index < -0.39 is 0 Å². The van der Waals surface area contributed by atoms with Crippen LogP contribution in [0, 0.1) is 12.7 Å². The SMILES string of the molecule is Cc1ccc2cc3cc(F)ccc3cc2c1. The maximum Gasteiger partial charge on any atom is 0.123 e. The quantitative estimate of drug-likeness (QED) is 0.481. The predicted octanol–water partition coefficient (Wildman–Crippen LogP) is 4.44. The number of fused-ring (bicyclic) bond motifs is 2. The van der Waals surface area contributed by atoms with E-state index in [1.54, 1.807) is 6.07 Å². The molecule has 3 rings (SSSR count). The average molecular weight is 210 g/mol. The highest BCUT2D eigenvalue weighted by atomic mass is 19.1. The van der Waals surface area contributed by atoms with Gasteiger partial charge in [0.2, 0.25) is 0 Å². The Labute approximate surface area is 93.3 Å². The van der Waals surface area contributed by atoms with Gasteiger partial charge in [-0.1, -0.05) is 29.8 Å². The Bertz CT molecular complexity index is 622. The molecule has 3 aromatic carbocycles. The van der Waals surface area contributed by atoms with Crippen molar-refractivity contribution in [3.8, 4) is 0 Å². The van der Waals surface area contributed by atoms with E-state index >= 15 is 0 Å². The third-order valence-electron chi connectivity index (χ3n) is 2.91. The number of hydrogen-bond donors (Lipinski definition) is 0. The summed E-state index contributed by atoms with van der Waals surface area (Å²) in [5.74, 6) is -0.182. The molecular formula is C15H11F. The molecular weight excluding hydrogens is 199 g/mol. The zero-order valence-corrected chi connectivity index (χ0v) is 9.00. The van der Waals surface area contributed by atoms with Gasteiger partial charge in [-0.15, -0.1) is 0 Å². The van der Waals surface area contributed by atoms with Gasteiger partial charge >= 0.3 is 0 Å². The minimum atomic E-state index is -0.182. The Morgan fingerprint density at radius 1 is 0.688 bits per heavy atom. The molecule has 0 aliphatic rings. The number of benzene rings is 3. The molecule has 16 heavy (non-hydrogen) atoms. The van der Waals surface area contributed by atoms with E-state index in [9.17, 15) is 4.39 Å². The first-order valence-electron chi connectivity index (χ1n) is 5.32. The lowest BCUT2D eigenvalue weighted by Gasteiger charge is -2.03. The van der Waals surface area contributed by atoms with Gasteiger partial charge < -0.3 is 0 Å². The summed E-state index contributed by atoms with van der Waals surface area (Å²) in [6, 6.07) is 15.4. The molecule has 0 radical (unpaired) electrons. The highest BCUT2D eigenvalue weighted by molar-refractivity contribution is 5.98. The average Bonchev–Trinajstić information content (AvgIpc) is 2.26. The van der Waals surface area contributed by atoms with E-state index in [-0.39, 0.29) is 5.82 Å². The monoisotopic (exact) mass is 210 g/mol. The van der Waals surface area contributed by atoms with Gasteiger partial charge in [0.15, 0.2) is 0 Å². The van der Waals surface area contributed by atoms with E-state index in [2.05, 4.69) is 31.2 Å². The van der Waals surface area contributed by atoms with E-state index in [0.717, 1.165) is 16.2 Å². The molecule has 0 heterocycles. The summed E-state index contributed by atoms with van der Waals surface area (Å²) in [7, 11) is 0. The summed E-state index contributed by atoms with van der Waals surface area (Å²) in [6.07, 6.45) is 0. The van der Waals surface area contributed by atoms with E-state index in [4.69, 9.17) is 0 Å². The van der Waals surface area contributed by atoms with Gasteiger partial charge in [0.1, 0.15) is 5.82 Å². The van der Waals surface area contributed by atoms with Crippen LogP contribution in [0.2, 0.25) is 0 Å². The fraction of sp³-hybridized carbons (Fsp3) is 0.0667. The van der Waals surface area contributed by atoms with E-state index in [1.165, 1.54) is 17.0 Å². The van der Waals surface area contributed by atoms with Gasteiger partial charge in [-0.25, -0.2) is 4.39 Å². The summed E-state index contributed by atoms with van der Waals surface area (Å²) in [5, 5.41) is 4.40. The van der Waals surface area contributed by atoms with Crippen molar-refractivity contribution in [1.82, 2.24) is 0 Å². The van der Waals surface area contributed by atoms with Gasteiger partial charge in [0, 0.05) is 0 Å². The van der Waals surface area contributed by atoms with Crippen molar-refractivity contribution in [2.24, 2.45) is 0 Å². The minimum absolute atomic E-state index is 0.182. The Hall–Kier alpha value is -1.89. The first-order chi connectivity index (χ1) is 7.72. The Balaban J connectivity index is 2.44. The van der Waals surface area contributed by atoms with E-state index in [0.29, 0.717) is 0 Å².